The van der Waals surface area contributed by atoms with Gasteiger partial charge in [0, 0.05) is 6.54 Å². The van der Waals surface area contributed by atoms with Gasteiger partial charge in [-0.15, -0.1) is 0 Å². The zero-order valence-corrected chi connectivity index (χ0v) is 4.74. The maximum absolute atomic E-state index is 9.83. The number of aliphatic hydroxyl groups is 2. The van der Waals surface area contributed by atoms with Gasteiger partial charge in [0.05, 0.1) is 6.73 Å². The molecule has 5 heteroatoms. The first kappa shape index (κ1) is 8.35. The fourth-order valence-corrected chi connectivity index (χ4v) is 0.289. The molecule has 5 nitrogen and oxygen atoms in total. The Kier molecular flexibility index (Phi) is 3.94. The topological polar surface area (TPSA) is 89.8 Å². The fraction of sp³-hybridized carbons (Fsp3) is 0.750. The molecule has 0 amide bonds. The summed E-state index contributed by atoms with van der Waals surface area (Å²) in [5.41, 5.74) is 0. The molecule has 0 aromatic carbocycles. The first-order valence-electron chi connectivity index (χ1n) is 2.41. The number of aliphatic hydroxyl groups excluding tert-OH is 2. The summed E-state index contributed by atoms with van der Waals surface area (Å²) < 4.78 is 0. The molecule has 0 bridgehead atoms. The molecule has 9 heavy (non-hydrogen) atoms. The van der Waals surface area contributed by atoms with E-state index in [1.807, 2.05) is 0 Å². The zero-order valence-electron chi connectivity index (χ0n) is 4.74. The largest absolute Gasteiger partial charge is 0.479 e. The van der Waals surface area contributed by atoms with Gasteiger partial charge in [-0.05, 0) is 0 Å². The SMILES string of the molecule is O=C(O)C(O)CNCO. The molecule has 4 N–H and O–H groups in total. The number of nitrogens with one attached hydrogen (secondary N) is 1. The third-order valence-corrected chi connectivity index (χ3v) is 0.735. The van der Waals surface area contributed by atoms with Gasteiger partial charge in [-0.1, -0.05) is 0 Å². The van der Waals surface area contributed by atoms with Crippen molar-refractivity contribution in [3.05, 3.63) is 0 Å². The van der Waals surface area contributed by atoms with Crippen LogP contribution in [0.25, 0.3) is 0 Å². The van der Waals surface area contributed by atoms with Crippen molar-refractivity contribution >= 4 is 5.97 Å². The van der Waals surface area contributed by atoms with E-state index in [1.54, 1.807) is 0 Å². The molecule has 0 saturated heterocycles. The third kappa shape index (κ3) is 3.89. The first-order valence-corrected chi connectivity index (χ1v) is 2.41. The van der Waals surface area contributed by atoms with Gasteiger partial charge in [-0.3, -0.25) is 5.32 Å². The molecule has 1 unspecified atom stereocenters. The Balaban J connectivity index is 3.27. The summed E-state index contributed by atoms with van der Waals surface area (Å²) in [6, 6.07) is 0. The second kappa shape index (κ2) is 4.25. The summed E-state index contributed by atoms with van der Waals surface area (Å²) in [5.74, 6) is -1.30. The Morgan fingerprint density at radius 2 is 2.22 bits per heavy atom. The van der Waals surface area contributed by atoms with Gasteiger partial charge >= 0.3 is 5.97 Å². The second-order valence-electron chi connectivity index (χ2n) is 1.47. The molecule has 0 aliphatic carbocycles. The van der Waals surface area contributed by atoms with Crippen molar-refractivity contribution in [3.8, 4) is 0 Å². The van der Waals surface area contributed by atoms with E-state index in [4.69, 9.17) is 15.3 Å². The Labute approximate surface area is 51.9 Å². The van der Waals surface area contributed by atoms with Crippen LogP contribution in [-0.2, 0) is 4.79 Å². The number of carboxylic acid groups (broad SMARTS) is 1. The van der Waals surface area contributed by atoms with Crippen molar-refractivity contribution in [2.45, 2.75) is 6.10 Å². The van der Waals surface area contributed by atoms with E-state index in [9.17, 15) is 4.79 Å². The summed E-state index contributed by atoms with van der Waals surface area (Å²) in [6.45, 7) is -0.462. The monoisotopic (exact) mass is 135 g/mol. The van der Waals surface area contributed by atoms with E-state index < -0.39 is 12.1 Å². The van der Waals surface area contributed by atoms with E-state index in [2.05, 4.69) is 5.32 Å². The van der Waals surface area contributed by atoms with Gasteiger partial charge in [0.25, 0.3) is 0 Å². The first-order chi connectivity index (χ1) is 4.18. The van der Waals surface area contributed by atoms with E-state index in [0.717, 1.165) is 0 Å². The summed E-state index contributed by atoms with van der Waals surface area (Å²) in [7, 11) is 0. The molecule has 0 spiro atoms. The highest BCUT2D eigenvalue weighted by molar-refractivity contribution is 5.72. The number of rotatable bonds is 4. The van der Waals surface area contributed by atoms with Crippen LogP contribution >= 0.6 is 0 Å². The minimum absolute atomic E-state index is 0.133. The number of hydrogen-bond donors (Lipinski definition) is 4. The molecule has 0 saturated carbocycles. The quantitative estimate of drug-likeness (QED) is 0.334. The van der Waals surface area contributed by atoms with Crippen LogP contribution < -0.4 is 5.32 Å². The lowest BCUT2D eigenvalue weighted by Gasteiger charge is -2.03. The molecule has 0 aliphatic heterocycles. The average Bonchev–Trinajstić information content (AvgIpc) is 1.82. The third-order valence-electron chi connectivity index (χ3n) is 0.735. The smallest absolute Gasteiger partial charge is 0.333 e. The molecule has 54 valence electrons. The highest BCUT2D eigenvalue weighted by atomic mass is 16.4. The highest BCUT2D eigenvalue weighted by Gasteiger charge is 2.10. The number of aliphatic carboxylic acids is 1. The van der Waals surface area contributed by atoms with Crippen LogP contribution in [0.3, 0.4) is 0 Å². The van der Waals surface area contributed by atoms with E-state index >= 15 is 0 Å². The van der Waals surface area contributed by atoms with Gasteiger partial charge in [0.1, 0.15) is 0 Å². The van der Waals surface area contributed by atoms with Crippen molar-refractivity contribution < 1.29 is 20.1 Å². The van der Waals surface area contributed by atoms with Gasteiger partial charge < -0.3 is 15.3 Å². The van der Waals surface area contributed by atoms with Crippen LogP contribution in [0.5, 0.6) is 0 Å². The maximum Gasteiger partial charge on any atom is 0.333 e. The molecule has 0 aliphatic rings. The molecule has 1 atom stereocenters. The summed E-state index contributed by atoms with van der Waals surface area (Å²) in [4.78, 5) is 9.83. The molecular weight excluding hydrogens is 126 g/mol. The van der Waals surface area contributed by atoms with Crippen LogP contribution in [0, 0.1) is 0 Å². The van der Waals surface area contributed by atoms with Gasteiger partial charge in [0.15, 0.2) is 6.10 Å². The Morgan fingerprint density at radius 1 is 1.67 bits per heavy atom. The normalized spacial score (nSPS) is 13.1. The number of carbonyl (C=O) groups is 1. The standard InChI is InChI=1S/C4H9NO4/c6-2-5-1-3(7)4(8)9/h3,5-7H,1-2H2,(H,8,9). The lowest BCUT2D eigenvalue weighted by atomic mass is 10.4. The molecule has 0 fully saturated rings. The Bertz CT molecular complexity index is 94.6. The zero-order chi connectivity index (χ0) is 7.28. The van der Waals surface area contributed by atoms with Crippen LogP contribution in [-0.4, -0.2) is 40.7 Å². The predicted octanol–water partition coefficient (Wildman–Crippen LogP) is -2.03. The Hall–Kier alpha value is -0.650. The molecule has 0 radical (unpaired) electrons. The molecule has 0 rings (SSSR count). The molecular formula is C4H9NO4. The lowest BCUT2D eigenvalue weighted by Crippen LogP contribution is -2.33. The Morgan fingerprint density at radius 3 is 2.56 bits per heavy atom. The van der Waals surface area contributed by atoms with Crippen molar-refractivity contribution in [1.29, 1.82) is 0 Å². The van der Waals surface area contributed by atoms with Crippen molar-refractivity contribution in [1.82, 2.24) is 5.32 Å². The molecule has 0 aromatic rings. The van der Waals surface area contributed by atoms with Gasteiger partial charge in [-0.2, -0.15) is 0 Å². The van der Waals surface area contributed by atoms with Crippen LogP contribution in [0.4, 0.5) is 0 Å². The summed E-state index contributed by atoms with van der Waals surface area (Å²) in [6.07, 6.45) is -1.43. The van der Waals surface area contributed by atoms with E-state index in [-0.39, 0.29) is 13.3 Å². The van der Waals surface area contributed by atoms with E-state index in [0.29, 0.717) is 0 Å². The second-order valence-corrected chi connectivity index (χ2v) is 1.47. The van der Waals surface area contributed by atoms with Crippen molar-refractivity contribution in [3.63, 3.8) is 0 Å². The number of hydrogen-bond acceptors (Lipinski definition) is 4. The number of carboxylic acids is 1. The van der Waals surface area contributed by atoms with Gasteiger partial charge in [0.2, 0.25) is 0 Å². The predicted molar refractivity (Wildman–Crippen MR) is 28.7 cm³/mol. The maximum atomic E-state index is 9.83. The summed E-state index contributed by atoms with van der Waals surface area (Å²) in [5, 5.41) is 26.9. The van der Waals surface area contributed by atoms with Crippen LogP contribution in [0.1, 0.15) is 0 Å². The van der Waals surface area contributed by atoms with Crippen LogP contribution in [0.2, 0.25) is 0 Å². The fourth-order valence-electron chi connectivity index (χ4n) is 0.289. The van der Waals surface area contributed by atoms with Crippen molar-refractivity contribution in [2.75, 3.05) is 13.3 Å². The average molecular weight is 135 g/mol. The van der Waals surface area contributed by atoms with Crippen molar-refractivity contribution in [2.24, 2.45) is 0 Å². The van der Waals surface area contributed by atoms with Gasteiger partial charge in [-0.25, -0.2) is 4.79 Å². The minimum atomic E-state index is -1.43. The minimum Gasteiger partial charge on any atom is -0.479 e. The highest BCUT2D eigenvalue weighted by Crippen LogP contribution is 1.77. The molecule has 0 heterocycles. The van der Waals surface area contributed by atoms with Crippen LogP contribution in [0.15, 0.2) is 0 Å². The summed E-state index contributed by atoms with van der Waals surface area (Å²) >= 11 is 0. The molecule has 0 aromatic heterocycles. The van der Waals surface area contributed by atoms with E-state index in [1.165, 1.54) is 0 Å². The lowest BCUT2D eigenvalue weighted by molar-refractivity contribution is -0.146.